The molecule has 0 aromatic rings. The van der Waals surface area contributed by atoms with Crippen molar-refractivity contribution < 1.29 is 9.90 Å². The number of nitrogens with zero attached hydrogens (tertiary/aromatic N) is 2. The average Bonchev–Trinajstić information content (AvgIpc) is 2.61. The van der Waals surface area contributed by atoms with Gasteiger partial charge >= 0.3 is 5.97 Å². The van der Waals surface area contributed by atoms with E-state index in [1.165, 1.54) is 6.42 Å². The first-order valence-electron chi connectivity index (χ1n) is 5.95. The second kappa shape index (κ2) is 5.15. The molecule has 4 heteroatoms. The topological polar surface area (TPSA) is 43.8 Å². The predicted octanol–water partition coefficient (Wildman–Crippen LogP) is 1.12. The Morgan fingerprint density at radius 2 is 2.19 bits per heavy atom. The Labute approximate surface area is 98.2 Å². The van der Waals surface area contributed by atoms with E-state index < -0.39 is 11.4 Å². The first-order valence-corrected chi connectivity index (χ1v) is 5.95. The van der Waals surface area contributed by atoms with Crippen molar-refractivity contribution in [3.05, 3.63) is 0 Å². The van der Waals surface area contributed by atoms with Crippen LogP contribution in [-0.4, -0.2) is 60.6 Å². The highest BCUT2D eigenvalue weighted by Gasteiger charge is 2.29. The molecular formula is C12H24N2O2. The Kier molecular flexibility index (Phi) is 4.33. The van der Waals surface area contributed by atoms with Crippen LogP contribution in [0.4, 0.5) is 0 Å². The van der Waals surface area contributed by atoms with E-state index in [2.05, 4.69) is 23.9 Å². The first kappa shape index (κ1) is 13.5. The predicted molar refractivity (Wildman–Crippen MR) is 64.6 cm³/mol. The number of carboxylic acid groups (broad SMARTS) is 1. The summed E-state index contributed by atoms with van der Waals surface area (Å²) >= 11 is 0. The molecule has 4 nitrogen and oxygen atoms in total. The van der Waals surface area contributed by atoms with E-state index in [0.717, 1.165) is 19.6 Å². The minimum Gasteiger partial charge on any atom is -0.481 e. The molecule has 0 aromatic carbocycles. The molecule has 1 atom stereocenters. The van der Waals surface area contributed by atoms with Crippen LogP contribution in [0.5, 0.6) is 0 Å². The van der Waals surface area contributed by atoms with Gasteiger partial charge in [-0.1, -0.05) is 0 Å². The number of carbonyl (C=O) groups is 1. The fourth-order valence-corrected chi connectivity index (χ4v) is 2.02. The molecule has 1 aliphatic heterocycles. The van der Waals surface area contributed by atoms with Crippen LogP contribution in [0.1, 0.15) is 26.7 Å². The summed E-state index contributed by atoms with van der Waals surface area (Å²) in [5.41, 5.74) is -0.612. The minimum absolute atomic E-state index is 0.592. The Morgan fingerprint density at radius 3 is 2.62 bits per heavy atom. The van der Waals surface area contributed by atoms with E-state index in [-0.39, 0.29) is 0 Å². The van der Waals surface area contributed by atoms with Crippen molar-refractivity contribution in [2.24, 2.45) is 5.41 Å². The van der Waals surface area contributed by atoms with Crippen LogP contribution in [0.3, 0.4) is 0 Å². The summed E-state index contributed by atoms with van der Waals surface area (Å²) in [6.45, 7) is 6.70. The molecule has 1 saturated heterocycles. The van der Waals surface area contributed by atoms with Crippen molar-refractivity contribution in [1.29, 1.82) is 0 Å². The highest BCUT2D eigenvalue weighted by atomic mass is 16.4. The number of hydrogen-bond donors (Lipinski definition) is 1. The largest absolute Gasteiger partial charge is 0.481 e. The van der Waals surface area contributed by atoms with Crippen LogP contribution in [0.2, 0.25) is 0 Å². The van der Waals surface area contributed by atoms with Gasteiger partial charge in [-0.05, 0) is 53.9 Å². The molecule has 94 valence electrons. The summed E-state index contributed by atoms with van der Waals surface area (Å²) in [5.74, 6) is -0.704. The normalized spacial score (nSPS) is 22.9. The van der Waals surface area contributed by atoms with Gasteiger partial charge in [0.2, 0.25) is 0 Å². The van der Waals surface area contributed by atoms with Crippen LogP contribution in [0, 0.1) is 5.41 Å². The fraction of sp³-hybridized carbons (Fsp3) is 0.917. The fourth-order valence-electron chi connectivity index (χ4n) is 2.02. The van der Waals surface area contributed by atoms with Crippen molar-refractivity contribution in [3.63, 3.8) is 0 Å². The third-order valence-corrected chi connectivity index (χ3v) is 3.66. The summed E-state index contributed by atoms with van der Waals surface area (Å²) in [6, 6.07) is 0.592. The molecule has 0 radical (unpaired) electrons. The third-order valence-electron chi connectivity index (χ3n) is 3.66. The molecule has 0 aromatic heterocycles. The zero-order valence-corrected chi connectivity index (χ0v) is 10.9. The van der Waals surface area contributed by atoms with Crippen molar-refractivity contribution in [1.82, 2.24) is 9.80 Å². The standard InChI is InChI=1S/C12H24N2O2/c1-12(2,11(15)16)6-8-14(4)10-5-7-13(3)9-10/h10H,5-9H2,1-4H3,(H,15,16). The van der Waals surface area contributed by atoms with Gasteiger partial charge in [-0.15, -0.1) is 0 Å². The van der Waals surface area contributed by atoms with Crippen molar-refractivity contribution in [2.45, 2.75) is 32.7 Å². The summed E-state index contributed by atoms with van der Waals surface area (Å²) in [4.78, 5) is 15.6. The van der Waals surface area contributed by atoms with E-state index in [9.17, 15) is 4.79 Å². The van der Waals surface area contributed by atoms with Gasteiger partial charge in [-0.3, -0.25) is 4.79 Å². The monoisotopic (exact) mass is 228 g/mol. The van der Waals surface area contributed by atoms with Crippen LogP contribution in [0.25, 0.3) is 0 Å². The molecule has 1 aliphatic rings. The number of likely N-dealkylation sites (N-methyl/N-ethyl adjacent to an activating group) is 2. The molecule has 1 rings (SSSR count). The third kappa shape index (κ3) is 3.46. The minimum atomic E-state index is -0.704. The SMILES string of the molecule is CN1CCC(N(C)CCC(C)(C)C(=O)O)C1. The molecule has 1 heterocycles. The number of hydrogen-bond acceptors (Lipinski definition) is 3. The Bertz CT molecular complexity index is 253. The number of rotatable bonds is 5. The van der Waals surface area contributed by atoms with Crippen LogP contribution in [0.15, 0.2) is 0 Å². The molecule has 1 fully saturated rings. The maximum atomic E-state index is 11.0. The van der Waals surface area contributed by atoms with E-state index in [0.29, 0.717) is 12.5 Å². The zero-order chi connectivity index (χ0) is 12.3. The smallest absolute Gasteiger partial charge is 0.309 e. The lowest BCUT2D eigenvalue weighted by molar-refractivity contribution is -0.147. The van der Waals surface area contributed by atoms with Gasteiger partial charge in [0.25, 0.3) is 0 Å². The van der Waals surface area contributed by atoms with Crippen LogP contribution in [-0.2, 0) is 4.79 Å². The maximum Gasteiger partial charge on any atom is 0.309 e. The molecule has 0 aliphatic carbocycles. The summed E-state index contributed by atoms with van der Waals surface area (Å²) in [5, 5.41) is 9.03. The van der Waals surface area contributed by atoms with Gasteiger partial charge in [-0.2, -0.15) is 0 Å². The molecule has 0 spiro atoms. The van der Waals surface area contributed by atoms with Crippen molar-refractivity contribution in [3.8, 4) is 0 Å². The van der Waals surface area contributed by atoms with Crippen molar-refractivity contribution in [2.75, 3.05) is 33.7 Å². The lowest BCUT2D eigenvalue weighted by atomic mass is 9.89. The van der Waals surface area contributed by atoms with Crippen molar-refractivity contribution >= 4 is 5.97 Å². The maximum absolute atomic E-state index is 11.0. The summed E-state index contributed by atoms with van der Waals surface area (Å²) < 4.78 is 0. The highest BCUT2D eigenvalue weighted by molar-refractivity contribution is 5.73. The first-order chi connectivity index (χ1) is 7.33. The highest BCUT2D eigenvalue weighted by Crippen LogP contribution is 2.22. The van der Waals surface area contributed by atoms with Crippen LogP contribution < -0.4 is 0 Å². The Balaban J connectivity index is 2.35. The van der Waals surface area contributed by atoms with Gasteiger partial charge < -0.3 is 14.9 Å². The van der Waals surface area contributed by atoms with Gasteiger partial charge in [0.1, 0.15) is 0 Å². The van der Waals surface area contributed by atoms with Crippen LogP contribution >= 0.6 is 0 Å². The second-order valence-corrected chi connectivity index (χ2v) is 5.62. The zero-order valence-electron chi connectivity index (χ0n) is 10.9. The molecule has 1 N–H and O–H groups in total. The molecular weight excluding hydrogens is 204 g/mol. The van der Waals surface area contributed by atoms with E-state index in [1.807, 2.05) is 0 Å². The van der Waals surface area contributed by atoms with Gasteiger partial charge in [0.05, 0.1) is 5.41 Å². The molecule has 0 bridgehead atoms. The lowest BCUT2D eigenvalue weighted by Crippen LogP contribution is -2.37. The summed E-state index contributed by atoms with van der Waals surface area (Å²) in [7, 11) is 4.23. The molecule has 0 saturated carbocycles. The van der Waals surface area contributed by atoms with E-state index in [1.54, 1.807) is 13.8 Å². The quantitative estimate of drug-likeness (QED) is 0.766. The lowest BCUT2D eigenvalue weighted by Gasteiger charge is -2.27. The van der Waals surface area contributed by atoms with E-state index in [4.69, 9.17) is 5.11 Å². The van der Waals surface area contributed by atoms with Gasteiger partial charge in [-0.25, -0.2) is 0 Å². The molecule has 0 amide bonds. The summed E-state index contributed by atoms with van der Waals surface area (Å²) in [6.07, 6.45) is 1.90. The average molecular weight is 228 g/mol. The number of aliphatic carboxylic acids is 1. The second-order valence-electron chi connectivity index (χ2n) is 5.62. The van der Waals surface area contributed by atoms with E-state index >= 15 is 0 Å². The van der Waals surface area contributed by atoms with Gasteiger partial charge in [0, 0.05) is 12.6 Å². The Morgan fingerprint density at radius 1 is 1.56 bits per heavy atom. The molecule has 1 unspecified atom stereocenters. The number of carboxylic acids is 1. The van der Waals surface area contributed by atoms with Gasteiger partial charge in [0.15, 0.2) is 0 Å². The Hall–Kier alpha value is -0.610. The number of likely N-dealkylation sites (tertiary alicyclic amines) is 1. The molecule has 16 heavy (non-hydrogen) atoms.